The predicted octanol–water partition coefficient (Wildman–Crippen LogP) is 2.56. The van der Waals surface area contributed by atoms with Crippen molar-refractivity contribution in [2.75, 3.05) is 26.2 Å². The van der Waals surface area contributed by atoms with Crippen LogP contribution in [0.1, 0.15) is 32.3 Å². The van der Waals surface area contributed by atoms with Gasteiger partial charge in [0.25, 0.3) is 0 Å². The molecule has 0 radical (unpaired) electrons. The summed E-state index contributed by atoms with van der Waals surface area (Å²) < 4.78 is 5.63. The number of aliphatic imine (C=N–C) groups is 1. The van der Waals surface area contributed by atoms with Crippen LogP contribution in [0.15, 0.2) is 35.3 Å². The summed E-state index contributed by atoms with van der Waals surface area (Å²) in [5.41, 5.74) is 1.20. The van der Waals surface area contributed by atoms with Gasteiger partial charge in [0, 0.05) is 19.6 Å². The van der Waals surface area contributed by atoms with Crippen molar-refractivity contribution >= 4 is 5.96 Å². The molecule has 0 fully saturated rings. The zero-order valence-electron chi connectivity index (χ0n) is 12.7. The number of nitrogens with zero attached hydrogens (tertiary/aromatic N) is 1. The molecule has 0 atom stereocenters. The van der Waals surface area contributed by atoms with Crippen molar-refractivity contribution in [1.29, 1.82) is 0 Å². The van der Waals surface area contributed by atoms with E-state index in [1.54, 1.807) is 0 Å². The fourth-order valence-corrected chi connectivity index (χ4v) is 1.70. The van der Waals surface area contributed by atoms with E-state index in [0.717, 1.165) is 32.0 Å². The van der Waals surface area contributed by atoms with Gasteiger partial charge in [0.15, 0.2) is 5.96 Å². The highest BCUT2D eigenvalue weighted by Crippen LogP contribution is 1.99. The molecule has 0 spiro atoms. The Morgan fingerprint density at radius 3 is 2.65 bits per heavy atom. The van der Waals surface area contributed by atoms with Crippen LogP contribution >= 0.6 is 0 Å². The second-order valence-corrected chi connectivity index (χ2v) is 4.58. The van der Waals surface area contributed by atoms with Crippen molar-refractivity contribution in [2.24, 2.45) is 4.99 Å². The van der Waals surface area contributed by atoms with E-state index in [1.807, 2.05) is 18.2 Å². The smallest absolute Gasteiger partial charge is 0.191 e. The van der Waals surface area contributed by atoms with Crippen molar-refractivity contribution in [3.8, 4) is 0 Å². The largest absolute Gasteiger partial charge is 0.375 e. The Kier molecular flexibility index (Phi) is 9.32. The van der Waals surface area contributed by atoms with Gasteiger partial charge in [-0.3, -0.25) is 4.99 Å². The minimum Gasteiger partial charge on any atom is -0.375 e. The molecule has 0 saturated carbocycles. The first-order chi connectivity index (χ1) is 9.86. The molecule has 0 aromatic heterocycles. The Labute approximate surface area is 122 Å². The molecule has 4 nitrogen and oxygen atoms in total. The van der Waals surface area contributed by atoms with E-state index in [0.29, 0.717) is 13.2 Å². The van der Waals surface area contributed by atoms with Crippen LogP contribution in [0.2, 0.25) is 0 Å². The number of unbranched alkanes of at least 4 members (excludes halogenated alkanes) is 1. The van der Waals surface area contributed by atoms with E-state index in [9.17, 15) is 0 Å². The number of hydrogen-bond acceptors (Lipinski definition) is 2. The van der Waals surface area contributed by atoms with Gasteiger partial charge in [-0.05, 0) is 18.9 Å². The third-order valence-electron chi connectivity index (χ3n) is 2.78. The average Bonchev–Trinajstić information content (AvgIpc) is 2.48. The minimum atomic E-state index is 0.659. The molecule has 20 heavy (non-hydrogen) atoms. The summed E-state index contributed by atoms with van der Waals surface area (Å²) in [6.45, 7) is 8.10. The molecule has 0 unspecified atom stereocenters. The Hall–Kier alpha value is -1.55. The maximum Gasteiger partial charge on any atom is 0.191 e. The highest BCUT2D eigenvalue weighted by molar-refractivity contribution is 5.79. The molecule has 112 valence electrons. The number of ether oxygens (including phenoxy) is 1. The monoisotopic (exact) mass is 277 g/mol. The molecule has 0 aliphatic carbocycles. The third-order valence-corrected chi connectivity index (χ3v) is 2.78. The van der Waals surface area contributed by atoms with Gasteiger partial charge >= 0.3 is 0 Å². The molecule has 0 bridgehead atoms. The van der Waals surface area contributed by atoms with Crippen molar-refractivity contribution in [3.63, 3.8) is 0 Å². The van der Waals surface area contributed by atoms with Crippen LogP contribution in [-0.2, 0) is 11.3 Å². The summed E-state index contributed by atoms with van der Waals surface area (Å²) in [6.07, 6.45) is 2.30. The maximum absolute atomic E-state index is 5.63. The van der Waals surface area contributed by atoms with Crippen LogP contribution in [0.4, 0.5) is 0 Å². The van der Waals surface area contributed by atoms with Crippen LogP contribution in [0.25, 0.3) is 0 Å². The second-order valence-electron chi connectivity index (χ2n) is 4.58. The lowest BCUT2D eigenvalue weighted by Crippen LogP contribution is -2.39. The van der Waals surface area contributed by atoms with Gasteiger partial charge in [0.1, 0.15) is 0 Å². The Morgan fingerprint density at radius 2 is 1.95 bits per heavy atom. The van der Waals surface area contributed by atoms with Crippen LogP contribution in [0.5, 0.6) is 0 Å². The van der Waals surface area contributed by atoms with Gasteiger partial charge in [-0.15, -0.1) is 0 Å². The zero-order chi connectivity index (χ0) is 14.5. The van der Waals surface area contributed by atoms with E-state index in [-0.39, 0.29) is 0 Å². The Morgan fingerprint density at radius 1 is 1.15 bits per heavy atom. The molecule has 1 rings (SSSR count). The second kappa shape index (κ2) is 11.3. The summed E-state index contributed by atoms with van der Waals surface area (Å²) in [5.74, 6) is 0.879. The fourth-order valence-electron chi connectivity index (χ4n) is 1.70. The quantitative estimate of drug-likeness (QED) is 0.414. The van der Waals surface area contributed by atoms with Crippen molar-refractivity contribution < 1.29 is 4.74 Å². The molecule has 2 N–H and O–H groups in total. The molecule has 0 saturated heterocycles. The van der Waals surface area contributed by atoms with E-state index >= 15 is 0 Å². The van der Waals surface area contributed by atoms with Crippen LogP contribution in [-0.4, -0.2) is 32.2 Å². The number of hydrogen-bond donors (Lipinski definition) is 2. The van der Waals surface area contributed by atoms with Gasteiger partial charge in [-0.25, -0.2) is 0 Å². The Bertz CT molecular complexity index is 365. The predicted molar refractivity (Wildman–Crippen MR) is 85.0 cm³/mol. The summed E-state index contributed by atoms with van der Waals surface area (Å²) in [7, 11) is 0. The lowest BCUT2D eigenvalue weighted by atomic mass is 10.2. The van der Waals surface area contributed by atoms with Gasteiger partial charge in [-0.2, -0.15) is 0 Å². The molecule has 0 heterocycles. The highest BCUT2D eigenvalue weighted by atomic mass is 16.5. The summed E-state index contributed by atoms with van der Waals surface area (Å²) in [5, 5.41) is 6.51. The molecule has 4 heteroatoms. The highest BCUT2D eigenvalue weighted by Gasteiger charge is 1.96. The number of benzene rings is 1. The Balaban J connectivity index is 2.15. The summed E-state index contributed by atoms with van der Waals surface area (Å²) in [4.78, 5) is 4.50. The minimum absolute atomic E-state index is 0.659. The van der Waals surface area contributed by atoms with Crippen molar-refractivity contribution in [3.05, 3.63) is 35.9 Å². The first-order valence-corrected chi connectivity index (χ1v) is 7.50. The van der Waals surface area contributed by atoms with Crippen LogP contribution in [0.3, 0.4) is 0 Å². The van der Waals surface area contributed by atoms with Crippen LogP contribution in [0, 0.1) is 0 Å². The number of guanidine groups is 1. The standard InChI is InChI=1S/C16H27N3O/c1-3-5-11-18-16(17-4-2)19-12-13-20-14-15-9-7-6-8-10-15/h6-10H,3-5,11-14H2,1-2H3,(H2,17,18,19). The maximum atomic E-state index is 5.63. The van der Waals surface area contributed by atoms with Gasteiger partial charge < -0.3 is 15.4 Å². The van der Waals surface area contributed by atoms with E-state index < -0.39 is 0 Å². The third kappa shape index (κ3) is 7.79. The molecule has 0 amide bonds. The lowest BCUT2D eigenvalue weighted by molar-refractivity contribution is 0.125. The topological polar surface area (TPSA) is 45.7 Å². The molecule has 1 aromatic carbocycles. The first-order valence-electron chi connectivity index (χ1n) is 7.50. The summed E-state index contributed by atoms with van der Waals surface area (Å²) >= 11 is 0. The van der Waals surface area contributed by atoms with E-state index in [4.69, 9.17) is 4.74 Å². The summed E-state index contributed by atoms with van der Waals surface area (Å²) in [6, 6.07) is 10.2. The van der Waals surface area contributed by atoms with Gasteiger partial charge in [-0.1, -0.05) is 43.7 Å². The van der Waals surface area contributed by atoms with E-state index in [1.165, 1.54) is 12.0 Å². The molecular formula is C16H27N3O. The average molecular weight is 277 g/mol. The normalized spacial score (nSPS) is 11.4. The van der Waals surface area contributed by atoms with Crippen LogP contribution < -0.4 is 10.6 Å². The molecule has 1 aromatic rings. The number of rotatable bonds is 9. The fraction of sp³-hybridized carbons (Fsp3) is 0.562. The zero-order valence-corrected chi connectivity index (χ0v) is 12.7. The number of nitrogens with one attached hydrogen (secondary N) is 2. The SMILES string of the molecule is CCCCN=C(NCC)NCCOCc1ccccc1. The van der Waals surface area contributed by atoms with Gasteiger partial charge in [0.2, 0.25) is 0 Å². The molecule has 0 aliphatic rings. The first kappa shape index (κ1) is 16.5. The van der Waals surface area contributed by atoms with Crippen molar-refractivity contribution in [2.45, 2.75) is 33.3 Å². The van der Waals surface area contributed by atoms with Crippen molar-refractivity contribution in [1.82, 2.24) is 10.6 Å². The lowest BCUT2D eigenvalue weighted by Gasteiger charge is -2.11. The van der Waals surface area contributed by atoms with E-state index in [2.05, 4.69) is 41.6 Å². The molecule has 0 aliphatic heterocycles. The molecular weight excluding hydrogens is 250 g/mol. The van der Waals surface area contributed by atoms with Gasteiger partial charge in [0.05, 0.1) is 13.2 Å².